The van der Waals surface area contributed by atoms with Gasteiger partial charge in [-0.1, -0.05) is 41.0 Å². The van der Waals surface area contributed by atoms with Crippen molar-refractivity contribution in [2.75, 3.05) is 0 Å². The summed E-state index contributed by atoms with van der Waals surface area (Å²) in [5.41, 5.74) is 0.311. The van der Waals surface area contributed by atoms with Gasteiger partial charge in [0.2, 0.25) is 0 Å². The number of rotatable bonds is 4. The summed E-state index contributed by atoms with van der Waals surface area (Å²) in [6.45, 7) is 16.3. The van der Waals surface area contributed by atoms with E-state index in [9.17, 15) is 4.79 Å². The van der Waals surface area contributed by atoms with E-state index < -0.39 is 8.32 Å². The Morgan fingerprint density at radius 3 is 2.41 bits per heavy atom. The largest absolute Gasteiger partial charge is 0.414 e. The van der Waals surface area contributed by atoms with Gasteiger partial charge in [-0.15, -0.1) is 0 Å². The lowest BCUT2D eigenvalue weighted by Crippen LogP contribution is -2.50. The van der Waals surface area contributed by atoms with E-state index in [2.05, 4.69) is 47.7 Å². The molecular weight excluding hydrogens is 288 g/mol. The molecule has 5 atom stereocenters. The van der Waals surface area contributed by atoms with Crippen LogP contribution in [0.15, 0.2) is 0 Å². The van der Waals surface area contributed by atoms with Gasteiger partial charge in [0, 0.05) is 12.0 Å². The molecule has 0 bridgehead atoms. The summed E-state index contributed by atoms with van der Waals surface area (Å²) < 4.78 is 6.83. The van der Waals surface area contributed by atoms with Gasteiger partial charge in [-0.25, -0.2) is 0 Å². The Balaban J connectivity index is 2.18. The Labute approximate surface area is 138 Å². The van der Waals surface area contributed by atoms with E-state index in [4.69, 9.17) is 4.43 Å². The van der Waals surface area contributed by atoms with Gasteiger partial charge < -0.3 is 9.22 Å². The van der Waals surface area contributed by atoms with Crippen LogP contribution in [0.2, 0.25) is 18.1 Å². The maximum Gasteiger partial charge on any atom is 0.192 e. The van der Waals surface area contributed by atoms with Crippen molar-refractivity contribution in [3.05, 3.63) is 0 Å². The van der Waals surface area contributed by atoms with Crippen molar-refractivity contribution in [2.45, 2.75) is 91.0 Å². The van der Waals surface area contributed by atoms with Gasteiger partial charge in [-0.2, -0.15) is 0 Å². The minimum Gasteiger partial charge on any atom is -0.414 e. The smallest absolute Gasteiger partial charge is 0.192 e. The second kappa shape index (κ2) is 6.05. The van der Waals surface area contributed by atoms with E-state index in [0.29, 0.717) is 23.4 Å². The normalized spacial score (nSPS) is 37.7. The van der Waals surface area contributed by atoms with E-state index >= 15 is 0 Å². The highest BCUT2D eigenvalue weighted by atomic mass is 28.4. The molecule has 0 radical (unpaired) electrons. The van der Waals surface area contributed by atoms with Crippen LogP contribution < -0.4 is 0 Å². The van der Waals surface area contributed by atoms with Crippen LogP contribution in [0.25, 0.3) is 0 Å². The molecule has 2 rings (SSSR count). The Bertz CT molecular complexity index is 412. The lowest BCUT2D eigenvalue weighted by atomic mass is 9.62. The number of carbonyl (C=O) groups is 1. The van der Waals surface area contributed by atoms with E-state index in [1.165, 1.54) is 38.4 Å². The predicted molar refractivity (Wildman–Crippen MR) is 95.5 cm³/mol. The van der Waals surface area contributed by atoms with Gasteiger partial charge in [-0.3, -0.25) is 0 Å². The van der Waals surface area contributed by atoms with Gasteiger partial charge >= 0.3 is 0 Å². The number of hydrogen-bond acceptors (Lipinski definition) is 2. The van der Waals surface area contributed by atoms with Crippen molar-refractivity contribution in [3.63, 3.8) is 0 Å². The van der Waals surface area contributed by atoms with Crippen molar-refractivity contribution in [3.8, 4) is 0 Å². The molecule has 0 aromatic heterocycles. The summed E-state index contributed by atoms with van der Waals surface area (Å²) in [7, 11) is -1.71. The number of hydrogen-bond donors (Lipinski definition) is 0. The Kier molecular flexibility index (Phi) is 5.00. The first-order chi connectivity index (χ1) is 10.0. The van der Waals surface area contributed by atoms with Crippen molar-refractivity contribution in [1.82, 2.24) is 0 Å². The molecule has 128 valence electrons. The lowest BCUT2D eigenvalue weighted by molar-refractivity contribution is -0.114. The van der Waals surface area contributed by atoms with Crippen LogP contribution in [0.1, 0.15) is 66.7 Å². The molecule has 2 unspecified atom stereocenters. The second-order valence-corrected chi connectivity index (χ2v) is 14.4. The monoisotopic (exact) mass is 324 g/mol. The SMILES string of the molecule is CC(C=O)[C@H]1CC[C@H]2C(O[Si](C)(C)C(C)(C)C)CCC[C@]12C. The summed E-state index contributed by atoms with van der Waals surface area (Å²) in [4.78, 5) is 11.3. The van der Waals surface area contributed by atoms with Crippen molar-refractivity contribution >= 4 is 14.6 Å². The third-order valence-corrected chi connectivity index (χ3v) is 11.7. The predicted octanol–water partition coefficient (Wildman–Crippen LogP) is 5.43. The minimum absolute atomic E-state index is 0.196. The Hall–Kier alpha value is -0.153. The molecule has 2 aliphatic rings. The first-order valence-corrected chi connectivity index (χ1v) is 12.1. The maximum absolute atomic E-state index is 11.3. The van der Waals surface area contributed by atoms with Crippen molar-refractivity contribution in [1.29, 1.82) is 0 Å². The zero-order valence-electron chi connectivity index (χ0n) is 15.7. The average Bonchev–Trinajstić information content (AvgIpc) is 2.74. The molecule has 0 amide bonds. The molecule has 0 aliphatic heterocycles. The molecule has 2 fully saturated rings. The molecule has 2 saturated carbocycles. The molecule has 2 aliphatic carbocycles. The van der Waals surface area contributed by atoms with E-state index in [0.717, 1.165) is 0 Å². The molecule has 0 aromatic carbocycles. The fraction of sp³-hybridized carbons (Fsp3) is 0.947. The zero-order valence-corrected chi connectivity index (χ0v) is 16.7. The lowest BCUT2D eigenvalue weighted by Gasteiger charge is -2.49. The van der Waals surface area contributed by atoms with Crippen molar-refractivity contribution < 1.29 is 9.22 Å². The Morgan fingerprint density at radius 1 is 1.23 bits per heavy atom. The van der Waals surface area contributed by atoms with Crippen LogP contribution in [0, 0.1) is 23.2 Å². The third-order valence-electron chi connectivity index (χ3n) is 7.24. The standard InChI is InChI=1S/C19H36O2Si/c1-14(13-20)15-10-11-16-17(9-8-12-19(15,16)5)21-22(6,7)18(2,3)4/h13-17H,8-12H2,1-7H3/t14?,15-,16+,17?,19-/m1/s1. The van der Waals surface area contributed by atoms with Crippen LogP contribution >= 0.6 is 0 Å². The van der Waals surface area contributed by atoms with E-state index in [-0.39, 0.29) is 11.0 Å². The van der Waals surface area contributed by atoms with Gasteiger partial charge in [0.15, 0.2) is 8.32 Å². The summed E-state index contributed by atoms with van der Waals surface area (Å²) in [5, 5.41) is 0.273. The fourth-order valence-corrected chi connectivity index (χ4v) is 6.21. The molecule has 0 spiro atoms. The number of fused-ring (bicyclic) bond motifs is 1. The van der Waals surface area contributed by atoms with Gasteiger partial charge in [0.05, 0.1) is 0 Å². The second-order valence-electron chi connectivity index (χ2n) is 9.60. The molecule has 22 heavy (non-hydrogen) atoms. The third kappa shape index (κ3) is 3.08. The first kappa shape index (κ1) is 18.2. The van der Waals surface area contributed by atoms with Crippen LogP contribution in [-0.2, 0) is 9.22 Å². The van der Waals surface area contributed by atoms with E-state index in [1.807, 2.05) is 0 Å². The van der Waals surface area contributed by atoms with Crippen LogP contribution in [0.3, 0.4) is 0 Å². The van der Waals surface area contributed by atoms with Crippen LogP contribution in [0.5, 0.6) is 0 Å². The van der Waals surface area contributed by atoms with Crippen LogP contribution in [-0.4, -0.2) is 20.7 Å². The van der Waals surface area contributed by atoms with E-state index in [1.54, 1.807) is 0 Å². The zero-order chi connectivity index (χ0) is 16.8. The van der Waals surface area contributed by atoms with Crippen LogP contribution in [0.4, 0.5) is 0 Å². The molecule has 0 saturated heterocycles. The first-order valence-electron chi connectivity index (χ1n) is 9.16. The van der Waals surface area contributed by atoms with Gasteiger partial charge in [0.25, 0.3) is 0 Å². The fourth-order valence-electron chi connectivity index (χ4n) is 4.81. The topological polar surface area (TPSA) is 26.3 Å². The summed E-state index contributed by atoms with van der Waals surface area (Å²) in [6.07, 6.45) is 7.80. The Morgan fingerprint density at radius 2 is 1.86 bits per heavy atom. The summed E-state index contributed by atoms with van der Waals surface area (Å²) in [5.74, 6) is 1.41. The average molecular weight is 325 g/mol. The molecule has 0 aromatic rings. The highest BCUT2D eigenvalue weighted by Gasteiger charge is 2.54. The molecule has 0 N–H and O–H groups in total. The maximum atomic E-state index is 11.3. The molecular formula is C19H36O2Si. The number of carbonyl (C=O) groups excluding carboxylic acids is 1. The molecule has 2 nitrogen and oxygen atoms in total. The van der Waals surface area contributed by atoms with Gasteiger partial charge in [0.1, 0.15) is 6.29 Å². The number of aldehydes is 1. The summed E-state index contributed by atoms with van der Waals surface area (Å²) in [6, 6.07) is 0. The van der Waals surface area contributed by atoms with Crippen molar-refractivity contribution in [2.24, 2.45) is 23.2 Å². The highest BCUT2D eigenvalue weighted by Crippen LogP contribution is 2.58. The molecule has 3 heteroatoms. The quantitative estimate of drug-likeness (QED) is 0.509. The minimum atomic E-state index is -1.71. The van der Waals surface area contributed by atoms with Gasteiger partial charge in [-0.05, 0) is 61.1 Å². The summed E-state index contributed by atoms with van der Waals surface area (Å²) >= 11 is 0. The molecule has 0 heterocycles. The highest BCUT2D eigenvalue weighted by molar-refractivity contribution is 6.74.